The summed E-state index contributed by atoms with van der Waals surface area (Å²) in [6.07, 6.45) is 4.14. The maximum atomic E-state index is 12.2. The van der Waals surface area contributed by atoms with E-state index in [0.29, 0.717) is 18.4 Å². The molecular weight excluding hydrogens is 264 g/mol. The number of rotatable bonds is 6. The Morgan fingerprint density at radius 3 is 2.48 bits per heavy atom. The van der Waals surface area contributed by atoms with E-state index in [2.05, 4.69) is 11.1 Å². The van der Waals surface area contributed by atoms with Gasteiger partial charge in [0.05, 0.1) is 13.2 Å². The Hall–Kier alpha value is -2.67. The second kappa shape index (κ2) is 7.20. The lowest BCUT2D eigenvalue weighted by atomic mass is 9.93. The molecule has 4 heteroatoms. The third-order valence-corrected chi connectivity index (χ3v) is 3.31. The van der Waals surface area contributed by atoms with Crippen molar-refractivity contribution >= 4 is 5.78 Å². The Morgan fingerprint density at radius 2 is 1.90 bits per heavy atom. The summed E-state index contributed by atoms with van der Waals surface area (Å²) in [6.45, 7) is 0. The molecule has 1 unspecified atom stereocenters. The number of ether oxygens (including phenoxy) is 1. The Kier molecular flexibility index (Phi) is 5.05. The molecule has 0 aliphatic rings. The van der Waals surface area contributed by atoms with Crippen LogP contribution in [0.25, 0.3) is 0 Å². The Morgan fingerprint density at radius 1 is 1.24 bits per heavy atom. The monoisotopic (exact) mass is 280 g/mol. The molecule has 1 aromatic heterocycles. The van der Waals surface area contributed by atoms with Crippen LogP contribution in [0.15, 0.2) is 48.8 Å². The van der Waals surface area contributed by atoms with Crippen LogP contribution in [0, 0.1) is 11.3 Å². The van der Waals surface area contributed by atoms with Crippen molar-refractivity contribution in [2.45, 2.75) is 18.8 Å². The summed E-state index contributed by atoms with van der Waals surface area (Å²) in [5.41, 5.74) is 1.75. The minimum atomic E-state index is -0.716. The summed E-state index contributed by atoms with van der Waals surface area (Å²) < 4.78 is 5.09. The zero-order chi connectivity index (χ0) is 15.1. The highest BCUT2D eigenvalue weighted by molar-refractivity contribution is 5.88. The van der Waals surface area contributed by atoms with Crippen molar-refractivity contribution in [1.29, 1.82) is 5.26 Å². The van der Waals surface area contributed by atoms with Gasteiger partial charge in [-0.15, -0.1) is 0 Å². The van der Waals surface area contributed by atoms with Crippen molar-refractivity contribution in [2.24, 2.45) is 0 Å². The predicted molar refractivity (Wildman–Crippen MR) is 78.9 cm³/mol. The van der Waals surface area contributed by atoms with Crippen molar-refractivity contribution in [1.82, 2.24) is 4.98 Å². The number of carbonyl (C=O) groups is 1. The standard InChI is InChI=1S/C17H16N2O2/c1-21-15-5-2-13(3-6-15)4-7-17(20)16(12-18)14-8-10-19-11-9-14/h2-3,5-6,8-11,16H,4,7H2,1H3. The molecule has 0 bridgehead atoms. The van der Waals surface area contributed by atoms with Gasteiger partial charge in [0.25, 0.3) is 0 Å². The van der Waals surface area contributed by atoms with Crippen LogP contribution in [0.4, 0.5) is 0 Å². The van der Waals surface area contributed by atoms with Crippen LogP contribution in [0.3, 0.4) is 0 Å². The molecule has 106 valence electrons. The van der Waals surface area contributed by atoms with E-state index in [1.807, 2.05) is 24.3 Å². The fourth-order valence-electron chi connectivity index (χ4n) is 2.09. The van der Waals surface area contributed by atoms with Crippen molar-refractivity contribution in [3.63, 3.8) is 0 Å². The molecule has 21 heavy (non-hydrogen) atoms. The van der Waals surface area contributed by atoms with Gasteiger partial charge in [-0.25, -0.2) is 0 Å². The van der Waals surface area contributed by atoms with Crippen LogP contribution in [-0.4, -0.2) is 17.9 Å². The van der Waals surface area contributed by atoms with Crippen LogP contribution in [0.5, 0.6) is 5.75 Å². The lowest BCUT2D eigenvalue weighted by Crippen LogP contribution is -2.11. The molecule has 1 atom stereocenters. The number of aryl methyl sites for hydroxylation is 1. The number of methoxy groups -OCH3 is 1. The van der Waals surface area contributed by atoms with Crippen LogP contribution in [-0.2, 0) is 11.2 Å². The number of hydrogen-bond donors (Lipinski definition) is 0. The summed E-state index contributed by atoms with van der Waals surface area (Å²) in [6, 6.07) is 13.1. The first-order valence-electron chi connectivity index (χ1n) is 6.70. The number of ketones is 1. The van der Waals surface area contributed by atoms with Gasteiger partial charge in [-0.1, -0.05) is 12.1 Å². The molecule has 0 radical (unpaired) electrons. The molecule has 0 saturated heterocycles. The van der Waals surface area contributed by atoms with E-state index < -0.39 is 5.92 Å². The Labute approximate surface area is 124 Å². The predicted octanol–water partition coefficient (Wildman–Crippen LogP) is 2.90. The number of nitriles is 1. The first kappa shape index (κ1) is 14.7. The number of hydrogen-bond acceptors (Lipinski definition) is 4. The first-order chi connectivity index (χ1) is 10.2. The molecule has 0 N–H and O–H groups in total. The fourth-order valence-corrected chi connectivity index (χ4v) is 2.09. The minimum Gasteiger partial charge on any atom is -0.497 e. The largest absolute Gasteiger partial charge is 0.497 e. The quantitative estimate of drug-likeness (QED) is 0.816. The third kappa shape index (κ3) is 3.90. The number of carbonyl (C=O) groups excluding carboxylic acids is 1. The summed E-state index contributed by atoms with van der Waals surface area (Å²) >= 11 is 0. The number of aromatic nitrogens is 1. The van der Waals surface area contributed by atoms with Crippen LogP contribution >= 0.6 is 0 Å². The molecule has 2 rings (SSSR count). The van der Waals surface area contributed by atoms with Gasteiger partial charge in [0.2, 0.25) is 0 Å². The molecule has 1 heterocycles. The number of pyridine rings is 1. The zero-order valence-corrected chi connectivity index (χ0v) is 11.8. The van der Waals surface area contributed by atoms with E-state index >= 15 is 0 Å². The average Bonchev–Trinajstić information content (AvgIpc) is 2.55. The second-order valence-corrected chi connectivity index (χ2v) is 4.66. The van der Waals surface area contributed by atoms with Gasteiger partial charge in [0.15, 0.2) is 5.78 Å². The maximum Gasteiger partial charge on any atom is 0.154 e. The lowest BCUT2D eigenvalue weighted by Gasteiger charge is -2.08. The van der Waals surface area contributed by atoms with E-state index in [-0.39, 0.29) is 5.78 Å². The van der Waals surface area contributed by atoms with E-state index in [1.54, 1.807) is 31.6 Å². The van der Waals surface area contributed by atoms with Crippen LogP contribution in [0.1, 0.15) is 23.5 Å². The maximum absolute atomic E-state index is 12.2. The zero-order valence-electron chi connectivity index (χ0n) is 11.8. The highest BCUT2D eigenvalue weighted by atomic mass is 16.5. The molecular formula is C17H16N2O2. The van der Waals surface area contributed by atoms with E-state index in [9.17, 15) is 10.1 Å². The summed E-state index contributed by atoms with van der Waals surface area (Å²) in [7, 11) is 1.62. The minimum absolute atomic E-state index is 0.0699. The molecule has 1 aromatic carbocycles. The topological polar surface area (TPSA) is 63.0 Å². The second-order valence-electron chi connectivity index (χ2n) is 4.66. The van der Waals surface area contributed by atoms with Gasteiger partial charge in [0.1, 0.15) is 11.7 Å². The molecule has 0 saturated carbocycles. The smallest absolute Gasteiger partial charge is 0.154 e. The number of Topliss-reactive ketones (excluding diaryl/α,β-unsaturated/α-hetero) is 1. The molecule has 2 aromatic rings. The summed E-state index contributed by atoms with van der Waals surface area (Å²) in [4.78, 5) is 16.1. The van der Waals surface area contributed by atoms with Crippen molar-refractivity contribution in [3.8, 4) is 11.8 Å². The summed E-state index contributed by atoms with van der Waals surface area (Å²) in [5, 5.41) is 9.21. The highest BCUT2D eigenvalue weighted by Gasteiger charge is 2.19. The van der Waals surface area contributed by atoms with Gasteiger partial charge in [0, 0.05) is 18.8 Å². The van der Waals surface area contributed by atoms with E-state index in [1.165, 1.54) is 0 Å². The van der Waals surface area contributed by atoms with E-state index in [4.69, 9.17) is 4.74 Å². The normalized spacial score (nSPS) is 11.4. The van der Waals surface area contributed by atoms with Gasteiger partial charge in [-0.3, -0.25) is 9.78 Å². The van der Waals surface area contributed by atoms with E-state index in [0.717, 1.165) is 11.3 Å². The van der Waals surface area contributed by atoms with Gasteiger partial charge >= 0.3 is 0 Å². The van der Waals surface area contributed by atoms with Crippen molar-refractivity contribution in [3.05, 3.63) is 59.9 Å². The molecule has 0 aliphatic carbocycles. The molecule has 0 spiro atoms. The molecule has 0 fully saturated rings. The van der Waals surface area contributed by atoms with Crippen molar-refractivity contribution < 1.29 is 9.53 Å². The highest BCUT2D eigenvalue weighted by Crippen LogP contribution is 2.19. The van der Waals surface area contributed by atoms with Crippen molar-refractivity contribution in [2.75, 3.05) is 7.11 Å². The Balaban J connectivity index is 1.98. The first-order valence-corrected chi connectivity index (χ1v) is 6.70. The van der Waals surface area contributed by atoms with Gasteiger partial charge in [-0.05, 0) is 41.8 Å². The van der Waals surface area contributed by atoms with Crippen LogP contribution < -0.4 is 4.74 Å². The number of benzene rings is 1. The lowest BCUT2D eigenvalue weighted by molar-refractivity contribution is -0.119. The fraction of sp³-hybridized carbons (Fsp3) is 0.235. The summed E-state index contributed by atoms with van der Waals surface area (Å²) in [5.74, 6) is 0.00234. The SMILES string of the molecule is COc1ccc(CCC(=O)C(C#N)c2ccncc2)cc1. The van der Waals surface area contributed by atoms with Crippen LogP contribution in [0.2, 0.25) is 0 Å². The Bertz CT molecular complexity index is 630. The molecule has 0 aliphatic heterocycles. The molecule has 4 nitrogen and oxygen atoms in total. The third-order valence-electron chi connectivity index (χ3n) is 3.31. The molecule has 0 amide bonds. The van der Waals surface area contributed by atoms with Gasteiger partial charge < -0.3 is 4.74 Å². The average molecular weight is 280 g/mol. The number of nitrogens with zero attached hydrogens (tertiary/aromatic N) is 2. The van der Waals surface area contributed by atoms with Gasteiger partial charge in [-0.2, -0.15) is 5.26 Å².